The molecule has 3 nitrogen and oxygen atoms in total. The quantitative estimate of drug-likeness (QED) is 0.620. The average molecular weight is 277 g/mol. The van der Waals surface area contributed by atoms with Gasteiger partial charge in [0.1, 0.15) is 5.82 Å². The first-order valence-electron chi connectivity index (χ1n) is 6.86. The number of benzene rings is 1. The molecule has 1 aromatic rings. The van der Waals surface area contributed by atoms with E-state index in [2.05, 4.69) is 24.1 Å². The Morgan fingerprint density at radius 1 is 1.40 bits per heavy atom. The highest BCUT2D eigenvalue weighted by Crippen LogP contribution is 2.09. The predicted molar refractivity (Wildman–Crippen MR) is 76.8 cm³/mol. The third-order valence-electron chi connectivity index (χ3n) is 2.76. The molecule has 0 fully saturated rings. The second-order valence-electron chi connectivity index (χ2n) is 4.43. The minimum atomic E-state index is -0.517. The summed E-state index contributed by atoms with van der Waals surface area (Å²) in [6.07, 6.45) is 3.38. The van der Waals surface area contributed by atoms with Crippen molar-refractivity contribution in [3.63, 3.8) is 0 Å². The van der Waals surface area contributed by atoms with Gasteiger partial charge in [-0.15, -0.1) is 0 Å². The fraction of sp³-hybridized carbons (Fsp3) is 0.438. The monoisotopic (exact) mass is 277 g/mol. The Morgan fingerprint density at radius 3 is 2.85 bits per heavy atom. The lowest BCUT2D eigenvalue weighted by atomic mass is 10.1. The highest BCUT2D eigenvalue weighted by Gasteiger charge is 2.08. The number of aliphatic hydroxyl groups is 1. The fourth-order valence-corrected chi connectivity index (χ4v) is 1.65. The number of amides is 1. The van der Waals surface area contributed by atoms with Crippen molar-refractivity contribution in [1.29, 1.82) is 0 Å². The molecule has 2 N–H and O–H groups in total. The van der Waals surface area contributed by atoms with E-state index in [1.807, 2.05) is 0 Å². The molecule has 0 radical (unpaired) electrons. The number of halogens is 1. The standard InChI is InChI=1S/C16H20FNO2/c1-2-3-5-10-18-16(20)14-9-8-13(15(17)12-14)7-4-6-11-19/h8-9,12,19H,2-3,5-6,10-11H2,1H3,(H,18,20). The minimum Gasteiger partial charge on any atom is -0.395 e. The summed E-state index contributed by atoms with van der Waals surface area (Å²) < 4.78 is 13.7. The van der Waals surface area contributed by atoms with Gasteiger partial charge < -0.3 is 10.4 Å². The molecule has 1 rings (SSSR count). The van der Waals surface area contributed by atoms with Crippen LogP contribution in [0.4, 0.5) is 4.39 Å². The molecule has 0 aliphatic rings. The Labute approximate surface area is 119 Å². The Balaban J connectivity index is 2.62. The molecular formula is C16H20FNO2. The van der Waals surface area contributed by atoms with Crippen LogP contribution in [-0.2, 0) is 0 Å². The van der Waals surface area contributed by atoms with E-state index in [1.54, 1.807) is 6.07 Å². The van der Waals surface area contributed by atoms with Gasteiger partial charge in [0.15, 0.2) is 0 Å². The van der Waals surface area contributed by atoms with Gasteiger partial charge >= 0.3 is 0 Å². The van der Waals surface area contributed by atoms with E-state index in [0.29, 0.717) is 18.5 Å². The molecule has 0 aliphatic carbocycles. The molecule has 0 atom stereocenters. The van der Waals surface area contributed by atoms with E-state index < -0.39 is 5.82 Å². The summed E-state index contributed by atoms with van der Waals surface area (Å²) in [6, 6.07) is 4.24. The van der Waals surface area contributed by atoms with E-state index in [-0.39, 0.29) is 18.1 Å². The number of hydrogen-bond donors (Lipinski definition) is 2. The highest BCUT2D eigenvalue weighted by molar-refractivity contribution is 5.94. The first-order chi connectivity index (χ1) is 9.69. The lowest BCUT2D eigenvalue weighted by molar-refractivity contribution is 0.0952. The van der Waals surface area contributed by atoms with Crippen LogP contribution in [0.2, 0.25) is 0 Å². The summed E-state index contributed by atoms with van der Waals surface area (Å²) in [5.41, 5.74) is 0.535. The maximum Gasteiger partial charge on any atom is 0.251 e. The summed E-state index contributed by atoms with van der Waals surface area (Å²) in [5.74, 6) is 4.49. The minimum absolute atomic E-state index is 0.0487. The van der Waals surface area contributed by atoms with E-state index in [4.69, 9.17) is 5.11 Å². The van der Waals surface area contributed by atoms with Crippen LogP contribution in [0.5, 0.6) is 0 Å². The number of carbonyl (C=O) groups is 1. The maximum atomic E-state index is 13.7. The van der Waals surface area contributed by atoms with Crippen LogP contribution in [0.15, 0.2) is 18.2 Å². The zero-order valence-electron chi connectivity index (χ0n) is 11.7. The topological polar surface area (TPSA) is 49.3 Å². The van der Waals surface area contributed by atoms with Gasteiger partial charge in [-0.2, -0.15) is 0 Å². The summed E-state index contributed by atoms with van der Waals surface area (Å²) in [4.78, 5) is 11.8. The molecule has 0 unspecified atom stereocenters. The maximum absolute atomic E-state index is 13.7. The second kappa shape index (κ2) is 9.11. The van der Waals surface area contributed by atoms with Gasteiger partial charge in [-0.05, 0) is 24.6 Å². The van der Waals surface area contributed by atoms with Crippen LogP contribution < -0.4 is 5.32 Å². The molecule has 0 saturated carbocycles. The Morgan fingerprint density at radius 2 is 2.20 bits per heavy atom. The lowest BCUT2D eigenvalue weighted by Gasteiger charge is -2.05. The van der Waals surface area contributed by atoms with Crippen LogP contribution in [0.3, 0.4) is 0 Å². The van der Waals surface area contributed by atoms with Crippen molar-refractivity contribution in [3.05, 3.63) is 35.1 Å². The summed E-state index contributed by atoms with van der Waals surface area (Å²) in [5, 5.41) is 11.4. The van der Waals surface area contributed by atoms with Gasteiger partial charge in [-0.25, -0.2) is 4.39 Å². The zero-order chi connectivity index (χ0) is 14.8. The van der Waals surface area contributed by atoms with Gasteiger partial charge in [0.05, 0.1) is 12.2 Å². The lowest BCUT2D eigenvalue weighted by Crippen LogP contribution is -2.24. The SMILES string of the molecule is CCCCCNC(=O)c1ccc(C#CCCO)c(F)c1. The molecule has 4 heteroatoms. The number of rotatable bonds is 6. The molecule has 20 heavy (non-hydrogen) atoms. The van der Waals surface area contributed by atoms with E-state index >= 15 is 0 Å². The molecule has 0 saturated heterocycles. The summed E-state index contributed by atoms with van der Waals surface area (Å²) in [6.45, 7) is 2.65. The largest absolute Gasteiger partial charge is 0.395 e. The van der Waals surface area contributed by atoms with Crippen LogP contribution in [0, 0.1) is 17.7 Å². The number of unbranched alkanes of at least 4 members (excludes halogenated alkanes) is 2. The third-order valence-corrected chi connectivity index (χ3v) is 2.76. The van der Waals surface area contributed by atoms with Gasteiger partial charge in [-0.3, -0.25) is 4.79 Å². The van der Waals surface area contributed by atoms with Crippen molar-refractivity contribution in [2.24, 2.45) is 0 Å². The van der Waals surface area contributed by atoms with Crippen molar-refractivity contribution in [3.8, 4) is 11.8 Å². The fourth-order valence-electron chi connectivity index (χ4n) is 1.65. The van der Waals surface area contributed by atoms with Crippen molar-refractivity contribution < 1.29 is 14.3 Å². The van der Waals surface area contributed by atoms with E-state index in [9.17, 15) is 9.18 Å². The molecule has 108 valence electrons. The van der Waals surface area contributed by atoms with Crippen LogP contribution in [-0.4, -0.2) is 24.2 Å². The molecule has 0 aliphatic heterocycles. The van der Waals surface area contributed by atoms with Gasteiger partial charge in [0, 0.05) is 18.5 Å². The summed E-state index contributed by atoms with van der Waals surface area (Å²) in [7, 11) is 0. The zero-order valence-corrected chi connectivity index (χ0v) is 11.7. The van der Waals surface area contributed by atoms with Crippen molar-refractivity contribution in [2.45, 2.75) is 32.6 Å². The molecule has 0 bridgehead atoms. The Bertz CT molecular complexity index is 503. The van der Waals surface area contributed by atoms with Crippen molar-refractivity contribution in [1.82, 2.24) is 5.32 Å². The highest BCUT2D eigenvalue weighted by atomic mass is 19.1. The Hall–Kier alpha value is -1.86. The van der Waals surface area contributed by atoms with Gasteiger partial charge in [-0.1, -0.05) is 31.6 Å². The number of nitrogens with one attached hydrogen (secondary N) is 1. The van der Waals surface area contributed by atoms with Gasteiger partial charge in [0.25, 0.3) is 5.91 Å². The molecule has 1 amide bonds. The van der Waals surface area contributed by atoms with E-state index in [1.165, 1.54) is 12.1 Å². The second-order valence-corrected chi connectivity index (χ2v) is 4.43. The summed E-state index contributed by atoms with van der Waals surface area (Å²) >= 11 is 0. The van der Waals surface area contributed by atoms with Gasteiger partial charge in [0.2, 0.25) is 0 Å². The predicted octanol–water partition coefficient (Wildman–Crippen LogP) is 2.48. The van der Waals surface area contributed by atoms with Crippen molar-refractivity contribution >= 4 is 5.91 Å². The number of carbonyl (C=O) groups excluding carboxylic acids is 1. The molecular weight excluding hydrogens is 257 g/mol. The average Bonchev–Trinajstić information content (AvgIpc) is 2.45. The smallest absolute Gasteiger partial charge is 0.251 e. The van der Waals surface area contributed by atoms with Crippen molar-refractivity contribution in [2.75, 3.05) is 13.2 Å². The molecule has 1 aromatic carbocycles. The van der Waals surface area contributed by atoms with Crippen LogP contribution >= 0.6 is 0 Å². The van der Waals surface area contributed by atoms with Crippen LogP contribution in [0.25, 0.3) is 0 Å². The number of aliphatic hydroxyl groups excluding tert-OH is 1. The number of hydrogen-bond acceptors (Lipinski definition) is 2. The van der Waals surface area contributed by atoms with Crippen LogP contribution in [0.1, 0.15) is 48.5 Å². The first kappa shape index (κ1) is 16.2. The molecule has 0 heterocycles. The normalized spacial score (nSPS) is 9.75. The molecule has 0 aromatic heterocycles. The third kappa shape index (κ3) is 5.41. The Kier molecular flexibility index (Phi) is 7.38. The first-order valence-corrected chi connectivity index (χ1v) is 6.86. The molecule has 0 spiro atoms. The van der Waals surface area contributed by atoms with E-state index in [0.717, 1.165) is 19.3 Å².